The van der Waals surface area contributed by atoms with E-state index in [0.717, 1.165) is 22.8 Å². The van der Waals surface area contributed by atoms with Crippen molar-refractivity contribution in [1.82, 2.24) is 15.4 Å². The molecule has 0 aliphatic rings. The monoisotopic (exact) mass is 353 g/mol. The van der Waals surface area contributed by atoms with Gasteiger partial charge >= 0.3 is 6.18 Å². The number of aromatic nitrogens is 3. The number of hydrogen-bond donors (Lipinski definition) is 0. The van der Waals surface area contributed by atoms with Crippen molar-refractivity contribution in [2.75, 3.05) is 0 Å². The second kappa shape index (κ2) is 5.76. The predicted molar refractivity (Wildman–Crippen MR) is 94.8 cm³/mol. The Kier molecular flexibility index (Phi) is 3.64. The van der Waals surface area contributed by atoms with Crippen LogP contribution in [0.4, 0.5) is 13.2 Å². The van der Waals surface area contributed by atoms with Gasteiger partial charge in [-0.3, -0.25) is 0 Å². The van der Waals surface area contributed by atoms with Crippen molar-refractivity contribution >= 4 is 21.7 Å². The van der Waals surface area contributed by atoms with E-state index in [1.807, 2.05) is 32.0 Å². The van der Waals surface area contributed by atoms with E-state index in [-0.39, 0.29) is 10.9 Å². The summed E-state index contributed by atoms with van der Waals surface area (Å²) in [6.07, 6.45) is -4.47. The smallest absolute Gasteiger partial charge is 0.166 e. The molecule has 6 heteroatoms. The van der Waals surface area contributed by atoms with Crippen LogP contribution < -0.4 is 0 Å². The van der Waals surface area contributed by atoms with Crippen LogP contribution in [0, 0.1) is 13.8 Å². The second-order valence-electron chi connectivity index (χ2n) is 6.38. The number of nitrogens with zero attached hydrogens (tertiary/aromatic N) is 3. The van der Waals surface area contributed by atoms with Gasteiger partial charge in [0.1, 0.15) is 11.2 Å². The van der Waals surface area contributed by atoms with Gasteiger partial charge in [-0.2, -0.15) is 13.2 Å². The van der Waals surface area contributed by atoms with Gasteiger partial charge in [0, 0.05) is 16.3 Å². The highest BCUT2D eigenvalue weighted by atomic mass is 19.4. The molecule has 0 N–H and O–H groups in total. The number of rotatable bonds is 1. The molecule has 1 heterocycles. The highest BCUT2D eigenvalue weighted by Crippen LogP contribution is 2.39. The van der Waals surface area contributed by atoms with Gasteiger partial charge in [-0.05, 0) is 48.7 Å². The molecule has 1 aromatic heterocycles. The zero-order valence-electron chi connectivity index (χ0n) is 14.1. The molecule has 0 bridgehead atoms. The molecule has 0 fully saturated rings. The summed E-state index contributed by atoms with van der Waals surface area (Å²) in [7, 11) is 0. The van der Waals surface area contributed by atoms with Crippen molar-refractivity contribution in [3.05, 3.63) is 65.2 Å². The molecule has 0 saturated carbocycles. The van der Waals surface area contributed by atoms with Crippen LogP contribution in [-0.4, -0.2) is 15.4 Å². The van der Waals surface area contributed by atoms with Crippen LogP contribution in [0.2, 0.25) is 0 Å². The van der Waals surface area contributed by atoms with E-state index in [2.05, 4.69) is 15.4 Å². The number of halogens is 3. The Morgan fingerprint density at radius 2 is 1.58 bits per heavy atom. The van der Waals surface area contributed by atoms with Gasteiger partial charge in [0.15, 0.2) is 0 Å². The van der Waals surface area contributed by atoms with Crippen LogP contribution in [0.15, 0.2) is 48.5 Å². The van der Waals surface area contributed by atoms with E-state index in [1.165, 1.54) is 6.07 Å². The summed E-state index contributed by atoms with van der Waals surface area (Å²) in [5.74, 6) is 0. The lowest BCUT2D eigenvalue weighted by Crippen LogP contribution is -2.06. The number of benzene rings is 3. The van der Waals surface area contributed by atoms with Crippen molar-refractivity contribution in [3.8, 4) is 11.3 Å². The fourth-order valence-corrected chi connectivity index (χ4v) is 3.38. The van der Waals surface area contributed by atoms with E-state index in [4.69, 9.17) is 0 Å². The Morgan fingerprint density at radius 1 is 0.846 bits per heavy atom. The van der Waals surface area contributed by atoms with Gasteiger partial charge < -0.3 is 0 Å². The topological polar surface area (TPSA) is 38.7 Å². The van der Waals surface area contributed by atoms with Crippen molar-refractivity contribution in [2.24, 2.45) is 0 Å². The third-order valence-electron chi connectivity index (χ3n) is 4.36. The van der Waals surface area contributed by atoms with Crippen LogP contribution in [0.3, 0.4) is 0 Å². The third kappa shape index (κ3) is 2.67. The molecule has 0 atom stereocenters. The maximum atomic E-state index is 13.5. The summed E-state index contributed by atoms with van der Waals surface area (Å²) in [4.78, 5) is 0. The van der Waals surface area contributed by atoms with Crippen LogP contribution >= 0.6 is 0 Å². The molecule has 130 valence electrons. The zero-order chi connectivity index (χ0) is 18.5. The number of aryl methyl sites for hydroxylation is 2. The van der Waals surface area contributed by atoms with Crippen LogP contribution in [0.1, 0.15) is 16.7 Å². The van der Waals surface area contributed by atoms with E-state index in [0.29, 0.717) is 16.5 Å². The molecular formula is C20H14F3N3. The number of fused-ring (bicyclic) bond motifs is 3. The lowest BCUT2D eigenvalue weighted by Gasteiger charge is -2.13. The largest absolute Gasteiger partial charge is 0.417 e. The SMILES string of the molecule is Cc1cc(C)cc(-c2nnnc3c2ccc2cccc(C(F)(F)F)c23)c1. The van der Waals surface area contributed by atoms with Gasteiger partial charge in [-0.1, -0.05) is 35.4 Å². The molecule has 0 aliphatic heterocycles. The quantitative estimate of drug-likeness (QED) is 0.425. The van der Waals surface area contributed by atoms with Crippen LogP contribution in [-0.2, 0) is 6.18 Å². The fourth-order valence-electron chi connectivity index (χ4n) is 3.38. The summed E-state index contributed by atoms with van der Waals surface area (Å²) < 4.78 is 40.5. The summed E-state index contributed by atoms with van der Waals surface area (Å²) in [5, 5.41) is 12.9. The van der Waals surface area contributed by atoms with Gasteiger partial charge in [0.2, 0.25) is 0 Å². The van der Waals surface area contributed by atoms with Crippen molar-refractivity contribution in [1.29, 1.82) is 0 Å². The average Bonchev–Trinajstić information content (AvgIpc) is 2.58. The number of alkyl halides is 3. The summed E-state index contributed by atoms with van der Waals surface area (Å²) in [5.41, 5.74) is 2.92. The standard InChI is InChI=1S/C20H14F3N3/c1-11-8-12(2)10-14(9-11)18-15-7-6-13-4-3-5-16(20(21,22)23)17(13)19(15)25-26-24-18/h3-10H,1-2H3. The molecule has 4 rings (SSSR count). The normalized spacial score (nSPS) is 12.0. The van der Waals surface area contributed by atoms with E-state index < -0.39 is 11.7 Å². The highest BCUT2D eigenvalue weighted by Gasteiger charge is 2.33. The lowest BCUT2D eigenvalue weighted by molar-refractivity contribution is -0.136. The highest BCUT2D eigenvalue weighted by molar-refractivity contribution is 6.10. The third-order valence-corrected chi connectivity index (χ3v) is 4.36. The number of hydrogen-bond acceptors (Lipinski definition) is 3. The summed E-state index contributed by atoms with van der Waals surface area (Å²) in [6, 6.07) is 13.4. The second-order valence-corrected chi connectivity index (χ2v) is 6.38. The van der Waals surface area contributed by atoms with E-state index >= 15 is 0 Å². The van der Waals surface area contributed by atoms with Crippen LogP contribution in [0.25, 0.3) is 32.9 Å². The molecule has 4 aromatic rings. The lowest BCUT2D eigenvalue weighted by atomic mass is 9.97. The first-order valence-electron chi connectivity index (χ1n) is 8.05. The van der Waals surface area contributed by atoms with Crippen molar-refractivity contribution < 1.29 is 13.2 Å². The predicted octanol–water partition coefficient (Wildman–Crippen LogP) is 5.48. The molecule has 3 nitrogen and oxygen atoms in total. The minimum absolute atomic E-state index is 0.0537. The minimum Gasteiger partial charge on any atom is -0.166 e. The maximum Gasteiger partial charge on any atom is 0.417 e. The van der Waals surface area contributed by atoms with Gasteiger partial charge in [-0.15, -0.1) is 10.2 Å². The molecule has 26 heavy (non-hydrogen) atoms. The van der Waals surface area contributed by atoms with E-state index in [9.17, 15) is 13.2 Å². The molecule has 0 aliphatic carbocycles. The van der Waals surface area contributed by atoms with Crippen molar-refractivity contribution in [2.45, 2.75) is 20.0 Å². The fraction of sp³-hybridized carbons (Fsp3) is 0.150. The molecule has 0 radical (unpaired) electrons. The molecular weight excluding hydrogens is 339 g/mol. The Hall–Kier alpha value is -3.02. The van der Waals surface area contributed by atoms with Gasteiger partial charge in [0.25, 0.3) is 0 Å². The first kappa shape index (κ1) is 16.4. The molecule has 3 aromatic carbocycles. The Labute approximate surface area is 147 Å². The van der Waals surface area contributed by atoms with Crippen LogP contribution in [0.5, 0.6) is 0 Å². The zero-order valence-corrected chi connectivity index (χ0v) is 14.1. The maximum absolute atomic E-state index is 13.5. The average molecular weight is 353 g/mol. The molecule has 0 unspecified atom stereocenters. The Balaban J connectivity index is 2.12. The summed E-state index contributed by atoms with van der Waals surface area (Å²) in [6.45, 7) is 3.93. The Morgan fingerprint density at radius 3 is 2.27 bits per heavy atom. The van der Waals surface area contributed by atoms with Gasteiger partial charge in [-0.25, -0.2) is 0 Å². The molecule has 0 amide bonds. The minimum atomic E-state index is -4.47. The molecule has 0 spiro atoms. The van der Waals surface area contributed by atoms with E-state index in [1.54, 1.807) is 18.2 Å². The van der Waals surface area contributed by atoms with Crippen molar-refractivity contribution in [3.63, 3.8) is 0 Å². The first-order valence-corrected chi connectivity index (χ1v) is 8.05. The first-order chi connectivity index (χ1) is 12.3. The molecule has 0 saturated heterocycles. The summed E-state index contributed by atoms with van der Waals surface area (Å²) >= 11 is 0. The Bertz CT molecular complexity index is 1130. The van der Waals surface area contributed by atoms with Gasteiger partial charge in [0.05, 0.1) is 5.56 Å².